The highest BCUT2D eigenvalue weighted by molar-refractivity contribution is 5.98. The van der Waals surface area contributed by atoms with Crippen molar-refractivity contribution in [1.29, 1.82) is 0 Å². The number of rotatable bonds is 18. The van der Waals surface area contributed by atoms with Crippen LogP contribution < -0.4 is 5.56 Å². The molecule has 2 atom stereocenters. The second-order valence-corrected chi connectivity index (χ2v) is 17.9. The van der Waals surface area contributed by atoms with E-state index in [0.29, 0.717) is 59.1 Å². The van der Waals surface area contributed by atoms with E-state index in [1.807, 2.05) is 48.5 Å². The normalized spacial score (nSPS) is 16.0. The molecule has 5 aromatic carbocycles. The maximum Gasteiger partial charge on any atom is 0.347 e. The Hall–Kier alpha value is -6.66. The second kappa shape index (κ2) is 21.8. The lowest BCUT2D eigenvalue weighted by molar-refractivity contribution is -0.164. The molecule has 1 fully saturated rings. The number of amides is 1. The minimum atomic E-state index is -2.02. The highest BCUT2D eigenvalue weighted by Gasteiger charge is 2.42. The number of aromatic nitrogens is 1. The number of nitrogens with zero attached hydrogens (tertiary/aromatic N) is 2. The number of phenolic OH excluding ortho intramolecular Hbond substituents is 1. The van der Waals surface area contributed by atoms with E-state index in [0.717, 1.165) is 68.4 Å². The van der Waals surface area contributed by atoms with Gasteiger partial charge in [0.1, 0.15) is 5.75 Å². The van der Waals surface area contributed by atoms with E-state index < -0.39 is 17.7 Å². The predicted octanol–water partition coefficient (Wildman–Crippen LogP) is 8.65. The molecular weight excluding hydrogens is 843 g/mol. The summed E-state index contributed by atoms with van der Waals surface area (Å²) in [7, 11) is 0. The molecule has 0 unspecified atom stereocenters. The fraction of sp³-hybridized carbons (Fsp3) is 0.321. The summed E-state index contributed by atoms with van der Waals surface area (Å²) in [4.78, 5) is 59.0. The van der Waals surface area contributed by atoms with Crippen LogP contribution in [0.1, 0.15) is 101 Å². The molecule has 0 spiro atoms. The minimum Gasteiger partial charge on any atom is -0.506 e. The summed E-state index contributed by atoms with van der Waals surface area (Å²) in [5.41, 5.74) is 4.26. The number of carbonyl (C=O) groups excluding carboxylic acids is 3. The topological polar surface area (TPSA) is 160 Å². The van der Waals surface area contributed by atoms with E-state index >= 15 is 0 Å². The molecule has 0 aliphatic carbocycles. The van der Waals surface area contributed by atoms with Gasteiger partial charge in [0.05, 0.1) is 18.2 Å². The summed E-state index contributed by atoms with van der Waals surface area (Å²) in [6.07, 6.45) is 6.71. The van der Waals surface area contributed by atoms with Crippen LogP contribution >= 0.6 is 0 Å². The number of nitrogens with one attached hydrogen (secondary N) is 1. The molecule has 1 aromatic heterocycles. The molecular formula is C56H59N3O8. The Labute approximate surface area is 391 Å². The smallest absolute Gasteiger partial charge is 0.347 e. The molecule has 0 bridgehead atoms. The molecule has 4 N–H and O–H groups in total. The SMILES string of the molecule is O=C(CCC(=O)N1CC=C(c2cccc([C@](O)(C(=O)OCC3CCN(Cc4ccccc4)CC3)c3ccccc3)c2)CC1)c1ccc(CCCC[C@H](O)c2ccc(O)c3[nH]c(=O)ccc23)cc1. The van der Waals surface area contributed by atoms with Gasteiger partial charge in [0.15, 0.2) is 5.78 Å². The lowest BCUT2D eigenvalue weighted by Crippen LogP contribution is -2.40. The molecule has 3 heterocycles. The molecule has 1 amide bonds. The lowest BCUT2D eigenvalue weighted by atomic mass is 9.84. The number of hydrogen-bond donors (Lipinski definition) is 4. The van der Waals surface area contributed by atoms with Gasteiger partial charge in [-0.2, -0.15) is 0 Å². The van der Waals surface area contributed by atoms with Gasteiger partial charge in [-0.25, -0.2) is 4.79 Å². The Kier molecular flexibility index (Phi) is 15.2. The fourth-order valence-electron chi connectivity index (χ4n) is 9.39. The molecule has 67 heavy (non-hydrogen) atoms. The number of esters is 1. The van der Waals surface area contributed by atoms with Crippen LogP contribution in [-0.2, 0) is 32.9 Å². The first-order valence-electron chi connectivity index (χ1n) is 23.5. The maximum absolute atomic E-state index is 14.0. The third kappa shape index (κ3) is 11.5. The second-order valence-electron chi connectivity index (χ2n) is 17.9. The summed E-state index contributed by atoms with van der Waals surface area (Å²) in [6, 6.07) is 40.4. The number of likely N-dealkylation sites (tertiary alicyclic amines) is 1. The number of pyridine rings is 1. The molecule has 11 heteroatoms. The Bertz CT molecular complexity index is 2750. The molecule has 0 radical (unpaired) electrons. The number of carbonyl (C=O) groups is 3. The first-order valence-corrected chi connectivity index (χ1v) is 23.5. The first kappa shape index (κ1) is 46.9. The third-order valence-electron chi connectivity index (χ3n) is 13.4. The summed E-state index contributed by atoms with van der Waals surface area (Å²) in [5, 5.41) is 34.0. The Morgan fingerprint density at radius 2 is 1.51 bits per heavy atom. The van der Waals surface area contributed by atoms with Crippen molar-refractivity contribution in [1.82, 2.24) is 14.8 Å². The number of aromatic amines is 1. The molecule has 11 nitrogen and oxygen atoms in total. The number of aryl methyl sites for hydroxylation is 1. The Balaban J connectivity index is 0.801. The van der Waals surface area contributed by atoms with Crippen LogP contribution in [0.2, 0.25) is 0 Å². The average Bonchev–Trinajstić information content (AvgIpc) is 3.37. The van der Waals surface area contributed by atoms with Crippen LogP contribution in [0.4, 0.5) is 0 Å². The molecule has 6 aromatic rings. The number of phenols is 1. The van der Waals surface area contributed by atoms with Crippen molar-refractivity contribution in [2.45, 2.75) is 76.0 Å². The maximum atomic E-state index is 14.0. The van der Waals surface area contributed by atoms with Crippen molar-refractivity contribution in [3.8, 4) is 5.75 Å². The van der Waals surface area contributed by atoms with Crippen molar-refractivity contribution in [2.24, 2.45) is 5.92 Å². The predicted molar refractivity (Wildman–Crippen MR) is 259 cm³/mol. The third-order valence-corrected chi connectivity index (χ3v) is 13.4. The quantitative estimate of drug-likeness (QED) is 0.0376. The number of aliphatic hydroxyl groups is 2. The zero-order valence-electron chi connectivity index (χ0n) is 37.8. The van der Waals surface area contributed by atoms with E-state index in [4.69, 9.17) is 4.74 Å². The number of ether oxygens (including phenoxy) is 1. The van der Waals surface area contributed by atoms with E-state index in [1.165, 1.54) is 17.7 Å². The van der Waals surface area contributed by atoms with Gasteiger partial charge in [0.25, 0.3) is 0 Å². The monoisotopic (exact) mass is 901 g/mol. The van der Waals surface area contributed by atoms with Gasteiger partial charge in [-0.3, -0.25) is 19.3 Å². The summed E-state index contributed by atoms with van der Waals surface area (Å²) in [5.74, 6) is -0.716. The van der Waals surface area contributed by atoms with Crippen LogP contribution in [0, 0.1) is 5.92 Å². The van der Waals surface area contributed by atoms with E-state index in [-0.39, 0.29) is 48.4 Å². The van der Waals surface area contributed by atoms with Crippen LogP contribution in [0.5, 0.6) is 5.75 Å². The number of benzene rings is 5. The number of unbranched alkanes of at least 4 members (excludes halogenated alkanes) is 1. The van der Waals surface area contributed by atoms with Crippen LogP contribution in [-0.4, -0.2) is 80.5 Å². The van der Waals surface area contributed by atoms with Gasteiger partial charge in [-0.1, -0.05) is 122 Å². The summed E-state index contributed by atoms with van der Waals surface area (Å²) in [6.45, 7) is 3.85. The number of Topliss-reactive ketones (excluding diaryl/α,β-unsaturated/α-hetero) is 1. The fourth-order valence-corrected chi connectivity index (χ4v) is 9.39. The van der Waals surface area contributed by atoms with Crippen LogP contribution in [0.25, 0.3) is 16.5 Å². The number of hydrogen-bond acceptors (Lipinski definition) is 9. The van der Waals surface area contributed by atoms with Gasteiger partial charge in [-0.15, -0.1) is 0 Å². The largest absolute Gasteiger partial charge is 0.506 e. The number of H-pyrrole nitrogens is 1. The van der Waals surface area contributed by atoms with E-state index in [9.17, 15) is 34.5 Å². The highest BCUT2D eigenvalue weighted by Crippen LogP contribution is 2.35. The zero-order chi connectivity index (χ0) is 46.8. The summed E-state index contributed by atoms with van der Waals surface area (Å²) < 4.78 is 5.95. The molecule has 8 rings (SSSR count). The van der Waals surface area contributed by atoms with Crippen molar-refractivity contribution in [3.05, 3.63) is 189 Å². The number of piperidine rings is 1. The van der Waals surface area contributed by atoms with Crippen molar-refractivity contribution >= 4 is 34.1 Å². The molecule has 2 aliphatic rings. The van der Waals surface area contributed by atoms with Crippen molar-refractivity contribution < 1.29 is 34.4 Å². The van der Waals surface area contributed by atoms with Crippen molar-refractivity contribution in [2.75, 3.05) is 32.8 Å². The van der Waals surface area contributed by atoms with Gasteiger partial charge in [-0.05, 0) is 109 Å². The molecule has 0 saturated carbocycles. The van der Waals surface area contributed by atoms with Gasteiger partial charge < -0.3 is 29.9 Å². The lowest BCUT2D eigenvalue weighted by Gasteiger charge is -2.33. The van der Waals surface area contributed by atoms with Gasteiger partial charge in [0, 0.05) is 55.1 Å². The first-order chi connectivity index (χ1) is 32.5. The number of aromatic hydroxyl groups is 1. The average molecular weight is 902 g/mol. The van der Waals surface area contributed by atoms with Crippen LogP contribution in [0.3, 0.4) is 0 Å². The Morgan fingerprint density at radius 1 is 0.776 bits per heavy atom. The number of ketones is 1. The highest BCUT2D eigenvalue weighted by atomic mass is 16.5. The Morgan fingerprint density at radius 3 is 2.24 bits per heavy atom. The summed E-state index contributed by atoms with van der Waals surface area (Å²) >= 11 is 0. The van der Waals surface area contributed by atoms with Gasteiger partial charge in [0.2, 0.25) is 17.1 Å². The molecule has 346 valence electrons. The van der Waals surface area contributed by atoms with E-state index in [2.05, 4.69) is 34.1 Å². The van der Waals surface area contributed by atoms with E-state index in [1.54, 1.807) is 59.5 Å². The number of fused-ring (bicyclic) bond motifs is 1. The van der Waals surface area contributed by atoms with Crippen molar-refractivity contribution in [3.63, 3.8) is 0 Å². The van der Waals surface area contributed by atoms with Crippen LogP contribution in [0.15, 0.2) is 144 Å². The standard InChI is InChI=1S/C56H59N3O8/c60-49(43-20-18-39(19-21-43)10-7-8-17-50(61)47-22-24-51(62)54-48(47)23-26-52(63)57-54)25-27-53(64)59-34-30-42(31-35-59)44-13-9-16-46(36-44)56(66,45-14-5-2-6-15-45)55(65)67-38-41-28-32-58(33-29-41)37-40-11-3-1-4-12-40/h1-6,9,11-16,18-24,26,30,36,41,50,61-62,66H,7-8,10,17,25,27-29,31-35,37-38H2,(H,57,63)/t50-,56-/m0/s1. The molecule has 2 aliphatic heterocycles. The zero-order valence-corrected chi connectivity index (χ0v) is 37.8. The van der Waals surface area contributed by atoms with Gasteiger partial charge >= 0.3 is 5.97 Å². The number of aliphatic hydroxyl groups excluding tert-OH is 1. The molecule has 1 saturated heterocycles. The minimum absolute atomic E-state index is 0.0412.